The first kappa shape index (κ1) is 12.2. The molecule has 0 unspecified atom stereocenters. The van der Waals surface area contributed by atoms with Crippen LogP contribution < -0.4 is 10.6 Å². The lowest BCUT2D eigenvalue weighted by molar-refractivity contribution is 0.0992. The Morgan fingerprint density at radius 2 is 2.17 bits per heavy atom. The molecule has 1 heterocycles. The predicted molar refractivity (Wildman–Crippen MR) is 69.1 cm³/mol. The van der Waals surface area contributed by atoms with Crippen molar-refractivity contribution in [2.24, 2.45) is 5.73 Å². The van der Waals surface area contributed by atoms with Gasteiger partial charge in [-0.3, -0.25) is 4.79 Å². The van der Waals surface area contributed by atoms with Crippen molar-refractivity contribution in [2.75, 3.05) is 11.9 Å². The van der Waals surface area contributed by atoms with Crippen LogP contribution in [-0.4, -0.2) is 23.2 Å². The summed E-state index contributed by atoms with van der Waals surface area (Å²) in [5, 5.41) is 7.35. The highest BCUT2D eigenvalue weighted by Crippen LogP contribution is 2.16. The van der Waals surface area contributed by atoms with Crippen LogP contribution in [0.4, 0.5) is 5.69 Å². The Morgan fingerprint density at radius 1 is 1.33 bits per heavy atom. The van der Waals surface area contributed by atoms with Crippen molar-refractivity contribution in [1.82, 2.24) is 10.2 Å². The number of carbonyl (C=O) groups excluding carboxylic acids is 1. The van der Waals surface area contributed by atoms with Crippen molar-refractivity contribution in [3.8, 4) is 0 Å². The summed E-state index contributed by atoms with van der Waals surface area (Å²) < 4.78 is 0. The molecular weight excluding hydrogens is 228 g/mol. The summed E-state index contributed by atoms with van der Waals surface area (Å²) in [6.45, 7) is 0.451. The average Bonchev–Trinajstić information content (AvgIpc) is 2.46. The summed E-state index contributed by atoms with van der Waals surface area (Å²) in [4.78, 5) is 13.7. The van der Waals surface area contributed by atoms with Crippen LogP contribution in [0.25, 0.3) is 0 Å². The Balaban J connectivity index is 2.25. The van der Waals surface area contributed by atoms with Crippen molar-refractivity contribution in [3.63, 3.8) is 0 Å². The minimum absolute atomic E-state index is 0.126. The van der Waals surface area contributed by atoms with Crippen LogP contribution in [-0.2, 0) is 6.54 Å². The van der Waals surface area contributed by atoms with Crippen molar-refractivity contribution in [2.45, 2.75) is 6.54 Å². The molecule has 2 rings (SSSR count). The Labute approximate surface area is 105 Å². The molecule has 0 aliphatic heterocycles. The maximum Gasteiger partial charge on any atom is 0.259 e. The monoisotopic (exact) mass is 242 g/mol. The first-order chi connectivity index (χ1) is 8.72. The van der Waals surface area contributed by atoms with E-state index in [1.54, 1.807) is 18.0 Å². The van der Waals surface area contributed by atoms with Gasteiger partial charge in [-0.15, -0.1) is 0 Å². The molecular formula is C13H14N4O. The summed E-state index contributed by atoms with van der Waals surface area (Å²) in [5.74, 6) is -0.126. The van der Waals surface area contributed by atoms with Gasteiger partial charge in [-0.1, -0.05) is 12.1 Å². The number of hydrogen-bond donors (Lipinski definition) is 1. The van der Waals surface area contributed by atoms with Gasteiger partial charge in [0.05, 0.1) is 18.0 Å². The van der Waals surface area contributed by atoms with Crippen LogP contribution in [0.15, 0.2) is 42.7 Å². The van der Waals surface area contributed by atoms with Gasteiger partial charge in [0.25, 0.3) is 5.91 Å². The molecule has 1 amide bonds. The summed E-state index contributed by atoms with van der Waals surface area (Å²) in [7, 11) is 1.72. The predicted octanol–water partition coefficient (Wildman–Crippen LogP) is 1.21. The highest BCUT2D eigenvalue weighted by molar-refractivity contribution is 6.05. The van der Waals surface area contributed by atoms with Crippen LogP contribution in [0.1, 0.15) is 15.9 Å². The van der Waals surface area contributed by atoms with Gasteiger partial charge in [-0.25, -0.2) is 0 Å². The number of nitrogens with two attached hydrogens (primary N) is 1. The van der Waals surface area contributed by atoms with Gasteiger partial charge in [0.15, 0.2) is 0 Å². The molecule has 0 aliphatic rings. The Bertz CT molecular complexity index is 542. The third-order valence-electron chi connectivity index (χ3n) is 2.67. The lowest BCUT2D eigenvalue weighted by Crippen LogP contribution is -2.26. The number of carbonyl (C=O) groups is 1. The second-order valence-electron chi connectivity index (χ2n) is 3.87. The van der Waals surface area contributed by atoms with E-state index in [-0.39, 0.29) is 5.91 Å². The van der Waals surface area contributed by atoms with Gasteiger partial charge in [-0.2, -0.15) is 10.2 Å². The van der Waals surface area contributed by atoms with Gasteiger partial charge in [0.1, 0.15) is 0 Å². The van der Waals surface area contributed by atoms with Gasteiger partial charge in [-0.05, 0) is 23.8 Å². The quantitative estimate of drug-likeness (QED) is 0.878. The average molecular weight is 242 g/mol. The number of aromatic nitrogens is 2. The number of benzene rings is 1. The fraction of sp³-hybridized carbons (Fsp3) is 0.154. The van der Waals surface area contributed by atoms with Gasteiger partial charge >= 0.3 is 0 Å². The van der Waals surface area contributed by atoms with Crippen LogP contribution in [0.5, 0.6) is 0 Å². The standard InChI is InChI=1S/C13H14N4O/c1-17(12-4-2-3-10(7-12)8-14)13(18)11-5-6-15-16-9-11/h2-7,9H,8,14H2,1H3. The number of nitrogens with zero attached hydrogens (tertiary/aromatic N) is 3. The zero-order chi connectivity index (χ0) is 13.0. The summed E-state index contributed by atoms with van der Waals surface area (Å²) >= 11 is 0. The van der Waals surface area contributed by atoms with Crippen molar-refractivity contribution in [1.29, 1.82) is 0 Å². The molecule has 2 aromatic rings. The number of hydrogen-bond acceptors (Lipinski definition) is 4. The van der Waals surface area contributed by atoms with Crippen molar-refractivity contribution in [3.05, 3.63) is 53.9 Å². The Morgan fingerprint density at radius 3 is 2.83 bits per heavy atom. The molecule has 5 heteroatoms. The molecule has 2 N–H and O–H groups in total. The van der Waals surface area contributed by atoms with E-state index in [2.05, 4.69) is 10.2 Å². The zero-order valence-corrected chi connectivity index (χ0v) is 10.1. The van der Waals surface area contributed by atoms with E-state index in [0.717, 1.165) is 11.3 Å². The third-order valence-corrected chi connectivity index (χ3v) is 2.67. The molecule has 5 nitrogen and oxygen atoms in total. The third kappa shape index (κ3) is 2.52. The lowest BCUT2D eigenvalue weighted by atomic mass is 10.2. The molecule has 0 bridgehead atoms. The minimum atomic E-state index is -0.126. The lowest BCUT2D eigenvalue weighted by Gasteiger charge is -2.17. The van der Waals surface area contributed by atoms with Gasteiger partial charge in [0, 0.05) is 19.3 Å². The molecule has 0 radical (unpaired) electrons. The van der Waals surface area contributed by atoms with Crippen LogP contribution >= 0.6 is 0 Å². The second-order valence-corrected chi connectivity index (χ2v) is 3.87. The minimum Gasteiger partial charge on any atom is -0.326 e. The van der Waals surface area contributed by atoms with E-state index in [1.807, 2.05) is 24.3 Å². The highest BCUT2D eigenvalue weighted by atomic mass is 16.2. The van der Waals surface area contributed by atoms with Gasteiger partial charge in [0.2, 0.25) is 0 Å². The zero-order valence-electron chi connectivity index (χ0n) is 10.1. The molecule has 0 aliphatic carbocycles. The van der Waals surface area contributed by atoms with E-state index < -0.39 is 0 Å². The van der Waals surface area contributed by atoms with Crippen LogP contribution in [0, 0.1) is 0 Å². The second kappa shape index (κ2) is 5.37. The van der Waals surface area contributed by atoms with Gasteiger partial charge < -0.3 is 10.6 Å². The normalized spacial score (nSPS) is 10.1. The first-order valence-corrected chi connectivity index (χ1v) is 5.56. The molecule has 1 aromatic heterocycles. The van der Waals surface area contributed by atoms with E-state index in [9.17, 15) is 4.79 Å². The topological polar surface area (TPSA) is 72.1 Å². The summed E-state index contributed by atoms with van der Waals surface area (Å²) in [6.07, 6.45) is 2.95. The van der Waals surface area contributed by atoms with E-state index >= 15 is 0 Å². The molecule has 92 valence electrons. The molecule has 0 spiro atoms. The Hall–Kier alpha value is -2.27. The molecule has 0 fully saturated rings. The molecule has 1 aromatic carbocycles. The van der Waals surface area contributed by atoms with Crippen LogP contribution in [0.3, 0.4) is 0 Å². The number of rotatable bonds is 3. The van der Waals surface area contributed by atoms with E-state index in [1.165, 1.54) is 12.4 Å². The fourth-order valence-electron chi connectivity index (χ4n) is 1.62. The van der Waals surface area contributed by atoms with Crippen LogP contribution in [0.2, 0.25) is 0 Å². The molecule has 0 atom stereocenters. The Kier molecular flexibility index (Phi) is 3.64. The molecule has 18 heavy (non-hydrogen) atoms. The number of anilines is 1. The van der Waals surface area contributed by atoms with Crippen molar-refractivity contribution >= 4 is 11.6 Å². The summed E-state index contributed by atoms with van der Waals surface area (Å²) in [6, 6.07) is 9.21. The maximum absolute atomic E-state index is 12.2. The summed E-state index contributed by atoms with van der Waals surface area (Å²) in [5.41, 5.74) is 7.88. The van der Waals surface area contributed by atoms with E-state index in [0.29, 0.717) is 12.1 Å². The fourth-order valence-corrected chi connectivity index (χ4v) is 1.62. The molecule has 0 saturated heterocycles. The number of amides is 1. The molecule has 0 saturated carbocycles. The van der Waals surface area contributed by atoms with Crippen molar-refractivity contribution < 1.29 is 4.79 Å². The van der Waals surface area contributed by atoms with E-state index in [4.69, 9.17) is 5.73 Å². The largest absolute Gasteiger partial charge is 0.326 e. The first-order valence-electron chi connectivity index (χ1n) is 5.56. The smallest absolute Gasteiger partial charge is 0.259 e. The maximum atomic E-state index is 12.2. The highest BCUT2D eigenvalue weighted by Gasteiger charge is 2.13. The SMILES string of the molecule is CN(C(=O)c1ccnnc1)c1cccc(CN)c1.